The number of rotatable bonds is 8. The van der Waals surface area contributed by atoms with Gasteiger partial charge in [-0.05, 0) is 35.7 Å². The third kappa shape index (κ3) is 7.06. The molecule has 0 aliphatic rings. The summed E-state index contributed by atoms with van der Waals surface area (Å²) in [6.07, 6.45) is 0.776. The summed E-state index contributed by atoms with van der Waals surface area (Å²) >= 11 is 6.47. The summed E-state index contributed by atoms with van der Waals surface area (Å²) in [6, 6.07) is 26.1. The van der Waals surface area contributed by atoms with Crippen LogP contribution >= 0.6 is 11.6 Å². The number of hydrogen-bond donors (Lipinski definition) is 2. The molecular formula is C31H34ClN5O2. The zero-order valence-corrected chi connectivity index (χ0v) is 23.5. The van der Waals surface area contributed by atoms with Crippen molar-refractivity contribution in [3.8, 4) is 5.69 Å². The minimum absolute atomic E-state index is 0.159. The molecule has 3 aromatic carbocycles. The highest BCUT2D eigenvalue weighted by Crippen LogP contribution is 2.29. The van der Waals surface area contributed by atoms with Gasteiger partial charge < -0.3 is 15.5 Å². The fourth-order valence-corrected chi connectivity index (χ4v) is 4.36. The van der Waals surface area contributed by atoms with Crippen molar-refractivity contribution in [2.24, 2.45) is 0 Å². The number of aromatic nitrogens is 2. The van der Waals surface area contributed by atoms with Crippen molar-refractivity contribution in [3.63, 3.8) is 0 Å². The smallest absolute Gasteiger partial charge is 0.311 e. The number of benzene rings is 3. The monoisotopic (exact) mass is 543 g/mol. The minimum atomic E-state index is -0.357. The van der Waals surface area contributed by atoms with E-state index in [9.17, 15) is 9.59 Å². The van der Waals surface area contributed by atoms with Crippen LogP contribution in [0, 0.1) is 0 Å². The molecule has 0 atom stereocenters. The van der Waals surface area contributed by atoms with Gasteiger partial charge in [0.2, 0.25) is 5.91 Å². The van der Waals surface area contributed by atoms with Gasteiger partial charge in [0.1, 0.15) is 12.4 Å². The lowest BCUT2D eigenvalue weighted by Gasteiger charge is -2.23. The molecule has 0 bridgehead atoms. The number of carbonyl (C=O) groups is 2. The predicted octanol–water partition coefficient (Wildman–Crippen LogP) is 7.06. The van der Waals surface area contributed by atoms with E-state index in [1.165, 1.54) is 4.90 Å². The average molecular weight is 544 g/mol. The summed E-state index contributed by atoms with van der Waals surface area (Å²) in [5.41, 5.74) is 3.87. The van der Waals surface area contributed by atoms with Crippen LogP contribution in [0.25, 0.3) is 5.69 Å². The van der Waals surface area contributed by atoms with E-state index in [0.717, 1.165) is 28.9 Å². The van der Waals surface area contributed by atoms with Crippen molar-refractivity contribution in [2.45, 2.75) is 46.1 Å². The van der Waals surface area contributed by atoms with E-state index in [1.807, 2.05) is 85.8 Å². The van der Waals surface area contributed by atoms with Gasteiger partial charge in [-0.1, -0.05) is 100.0 Å². The van der Waals surface area contributed by atoms with Gasteiger partial charge in [0, 0.05) is 23.7 Å². The summed E-state index contributed by atoms with van der Waals surface area (Å²) in [4.78, 5) is 28.4. The number of amides is 3. The lowest BCUT2D eigenvalue weighted by molar-refractivity contribution is -0.116. The van der Waals surface area contributed by atoms with Crippen molar-refractivity contribution in [2.75, 3.05) is 17.2 Å². The number of para-hydroxylation sites is 2. The zero-order valence-electron chi connectivity index (χ0n) is 22.7. The summed E-state index contributed by atoms with van der Waals surface area (Å²) < 4.78 is 1.64. The zero-order chi connectivity index (χ0) is 28.0. The molecule has 0 unspecified atom stereocenters. The number of nitrogens with zero attached hydrogens (tertiary/aromatic N) is 3. The number of nitrogens with one attached hydrogen (secondary N) is 2. The van der Waals surface area contributed by atoms with Crippen LogP contribution in [0.3, 0.4) is 0 Å². The van der Waals surface area contributed by atoms with Crippen molar-refractivity contribution in [1.82, 2.24) is 14.7 Å². The molecule has 7 nitrogen and oxygen atoms in total. The van der Waals surface area contributed by atoms with Gasteiger partial charge in [-0.15, -0.1) is 0 Å². The Hall–Kier alpha value is -4.10. The Morgan fingerprint density at radius 2 is 1.59 bits per heavy atom. The molecule has 1 aromatic heterocycles. The van der Waals surface area contributed by atoms with E-state index < -0.39 is 0 Å². The normalized spacial score (nSPS) is 11.2. The van der Waals surface area contributed by atoms with Crippen LogP contribution in [0.1, 0.15) is 44.5 Å². The summed E-state index contributed by atoms with van der Waals surface area (Å²) in [5, 5.41) is 11.2. The Morgan fingerprint density at radius 3 is 2.28 bits per heavy atom. The fraction of sp³-hybridized carbons (Fsp3) is 0.258. The molecule has 3 amide bonds. The van der Waals surface area contributed by atoms with Crippen LogP contribution in [0.5, 0.6) is 0 Å². The summed E-state index contributed by atoms with van der Waals surface area (Å²) in [6.45, 7) is 8.31. The number of aryl methyl sites for hydroxylation is 1. The highest BCUT2D eigenvalue weighted by Gasteiger charge is 2.24. The molecule has 4 aromatic rings. The maximum absolute atomic E-state index is 13.4. The van der Waals surface area contributed by atoms with Crippen LogP contribution in [0.4, 0.5) is 16.3 Å². The van der Waals surface area contributed by atoms with E-state index >= 15 is 0 Å². The molecule has 0 aliphatic heterocycles. The topological polar surface area (TPSA) is 79.3 Å². The highest BCUT2D eigenvalue weighted by molar-refractivity contribution is 6.32. The maximum Gasteiger partial charge on any atom is 0.322 e. The van der Waals surface area contributed by atoms with Crippen molar-refractivity contribution >= 4 is 35.0 Å². The van der Waals surface area contributed by atoms with Crippen LogP contribution in [0.2, 0.25) is 5.02 Å². The number of halogens is 1. The van der Waals surface area contributed by atoms with Gasteiger partial charge in [0.25, 0.3) is 0 Å². The molecule has 2 N–H and O–H groups in total. The third-order valence-corrected chi connectivity index (χ3v) is 6.62. The van der Waals surface area contributed by atoms with Crippen molar-refractivity contribution in [3.05, 3.63) is 107 Å². The number of carbonyl (C=O) groups excluding carboxylic acids is 2. The molecule has 202 valence electrons. The SMILES string of the molecule is CCc1ccccc1NC(=O)N(CC(=O)Nc1cc(C(C)(C)C)nn1-c1ccccc1Cl)Cc1ccccc1. The van der Waals surface area contributed by atoms with Gasteiger partial charge in [-0.25, -0.2) is 9.48 Å². The minimum Gasteiger partial charge on any atom is -0.311 e. The van der Waals surface area contributed by atoms with E-state index in [-0.39, 0.29) is 30.4 Å². The Balaban J connectivity index is 1.60. The average Bonchev–Trinajstić information content (AvgIpc) is 3.33. The molecule has 0 spiro atoms. The molecule has 0 aliphatic carbocycles. The number of hydrogen-bond acceptors (Lipinski definition) is 3. The maximum atomic E-state index is 13.4. The Bertz CT molecular complexity index is 1440. The van der Waals surface area contributed by atoms with E-state index in [0.29, 0.717) is 16.5 Å². The third-order valence-electron chi connectivity index (χ3n) is 6.30. The number of anilines is 2. The second-order valence-electron chi connectivity index (χ2n) is 10.4. The lowest BCUT2D eigenvalue weighted by Crippen LogP contribution is -2.40. The Labute approximate surface area is 234 Å². The van der Waals surface area contributed by atoms with Crippen LogP contribution in [0.15, 0.2) is 84.9 Å². The molecule has 0 saturated carbocycles. The van der Waals surface area contributed by atoms with Crippen molar-refractivity contribution in [1.29, 1.82) is 0 Å². The second kappa shape index (κ2) is 12.2. The molecule has 0 radical (unpaired) electrons. The van der Waals surface area contributed by atoms with Crippen LogP contribution < -0.4 is 10.6 Å². The molecule has 8 heteroatoms. The van der Waals surface area contributed by atoms with Gasteiger partial charge in [-0.3, -0.25) is 4.79 Å². The van der Waals surface area contributed by atoms with Gasteiger partial charge in [0.15, 0.2) is 0 Å². The first-order valence-electron chi connectivity index (χ1n) is 13.0. The molecular weight excluding hydrogens is 510 g/mol. The molecule has 39 heavy (non-hydrogen) atoms. The van der Waals surface area contributed by atoms with Gasteiger partial charge in [-0.2, -0.15) is 5.10 Å². The standard InChI is InChI=1S/C31H34ClN5O2/c1-5-23-15-9-11-17-25(23)33-30(39)36(20-22-13-7-6-8-14-22)21-29(38)34-28-19-27(31(2,3)4)35-37(28)26-18-12-10-16-24(26)32/h6-19H,5,20-21H2,1-4H3,(H,33,39)(H,34,38). The summed E-state index contributed by atoms with van der Waals surface area (Å²) in [7, 11) is 0. The summed E-state index contributed by atoms with van der Waals surface area (Å²) in [5.74, 6) is 0.132. The van der Waals surface area contributed by atoms with Crippen LogP contribution in [-0.2, 0) is 23.2 Å². The first-order valence-corrected chi connectivity index (χ1v) is 13.4. The Kier molecular flexibility index (Phi) is 8.72. The van der Waals surface area contributed by atoms with E-state index in [2.05, 4.69) is 31.4 Å². The largest absolute Gasteiger partial charge is 0.322 e. The molecule has 4 rings (SSSR count). The van der Waals surface area contributed by atoms with E-state index in [1.54, 1.807) is 10.7 Å². The first-order chi connectivity index (χ1) is 18.7. The molecule has 1 heterocycles. The molecule has 0 fully saturated rings. The predicted molar refractivity (Wildman–Crippen MR) is 158 cm³/mol. The lowest BCUT2D eigenvalue weighted by atomic mass is 9.92. The first kappa shape index (κ1) is 27.9. The second-order valence-corrected chi connectivity index (χ2v) is 10.8. The molecule has 0 saturated heterocycles. The quantitative estimate of drug-likeness (QED) is 0.250. The van der Waals surface area contributed by atoms with Crippen LogP contribution in [-0.4, -0.2) is 33.2 Å². The highest BCUT2D eigenvalue weighted by atomic mass is 35.5. The van der Waals surface area contributed by atoms with Crippen molar-refractivity contribution < 1.29 is 9.59 Å². The fourth-order valence-electron chi connectivity index (χ4n) is 4.15. The Morgan fingerprint density at radius 1 is 0.923 bits per heavy atom. The van der Waals surface area contributed by atoms with Gasteiger partial charge >= 0.3 is 6.03 Å². The van der Waals surface area contributed by atoms with E-state index in [4.69, 9.17) is 16.7 Å². The number of urea groups is 1. The van der Waals surface area contributed by atoms with Gasteiger partial charge in [0.05, 0.1) is 16.4 Å².